The number of fused-ring (bicyclic) bond motifs is 1. The van der Waals surface area contributed by atoms with Crippen molar-refractivity contribution < 1.29 is 18.3 Å². The maximum absolute atomic E-state index is 12.8. The lowest BCUT2D eigenvalue weighted by Crippen LogP contribution is -2.36. The van der Waals surface area contributed by atoms with E-state index in [1.54, 1.807) is 11.0 Å². The summed E-state index contributed by atoms with van der Waals surface area (Å²) in [5.74, 6) is -0.239. The fourth-order valence-corrected chi connectivity index (χ4v) is 5.91. The van der Waals surface area contributed by atoms with Gasteiger partial charge in [0.2, 0.25) is 5.91 Å². The number of rotatable bonds is 4. The average Bonchev–Trinajstić information content (AvgIpc) is 2.96. The molecule has 3 rings (SSSR count). The Morgan fingerprint density at radius 3 is 2.63 bits per heavy atom. The molecular weight excluding hydrogens is 434 g/mol. The number of nitrogens with two attached hydrogens (primary N) is 1. The Kier molecular flexibility index (Phi) is 5.65. The molecule has 0 saturated heterocycles. The van der Waals surface area contributed by atoms with Crippen LogP contribution in [0.5, 0.6) is 0 Å². The van der Waals surface area contributed by atoms with Gasteiger partial charge in [0, 0.05) is 30.0 Å². The Morgan fingerprint density at radius 2 is 2.00 bits per heavy atom. The van der Waals surface area contributed by atoms with Crippen LogP contribution in [0.2, 0.25) is 0 Å². The summed E-state index contributed by atoms with van der Waals surface area (Å²) in [4.78, 5) is 13.3. The van der Waals surface area contributed by atoms with Crippen molar-refractivity contribution in [3.8, 4) is 0 Å². The fourth-order valence-electron chi connectivity index (χ4n) is 3.87. The number of amides is 1. The molecule has 1 amide bonds. The number of hydrogen-bond donors (Lipinski definition) is 2. The Balaban J connectivity index is 1.90. The van der Waals surface area contributed by atoms with Gasteiger partial charge in [-0.25, -0.2) is 0 Å². The molecule has 1 aliphatic carbocycles. The second kappa shape index (κ2) is 7.52. The van der Waals surface area contributed by atoms with Gasteiger partial charge in [-0.2, -0.15) is 8.42 Å². The van der Waals surface area contributed by atoms with Gasteiger partial charge in [0.15, 0.2) is 0 Å². The average molecular weight is 458 g/mol. The number of carbonyl (C=O) groups is 1. The van der Waals surface area contributed by atoms with Gasteiger partial charge >= 0.3 is 0 Å². The molecule has 1 heterocycles. The number of halogens is 1. The number of aliphatic hydroxyl groups is 1. The van der Waals surface area contributed by atoms with Gasteiger partial charge in [0.1, 0.15) is 10.7 Å². The van der Waals surface area contributed by atoms with Gasteiger partial charge in [0.25, 0.3) is 10.0 Å². The molecule has 27 heavy (non-hydrogen) atoms. The molecular formula is C18H24BrN3O4S. The maximum atomic E-state index is 12.8. The summed E-state index contributed by atoms with van der Waals surface area (Å²) in [6.07, 6.45) is 4.76. The summed E-state index contributed by atoms with van der Waals surface area (Å²) in [6.45, 7) is 1.98. The normalized spacial score (nSPS) is 19.8. The first-order valence-corrected chi connectivity index (χ1v) is 11.3. The first-order chi connectivity index (χ1) is 12.6. The first kappa shape index (κ1) is 20.3. The Hall–Kier alpha value is -1.45. The highest BCUT2D eigenvalue weighted by atomic mass is 79.9. The van der Waals surface area contributed by atoms with E-state index in [2.05, 4.69) is 20.3 Å². The quantitative estimate of drug-likeness (QED) is 0.532. The van der Waals surface area contributed by atoms with Crippen LogP contribution >= 0.6 is 15.9 Å². The zero-order valence-corrected chi connectivity index (χ0v) is 17.6. The number of sulfonamides is 1. The molecule has 2 aliphatic rings. The summed E-state index contributed by atoms with van der Waals surface area (Å²) in [5, 5.41) is 10.6. The van der Waals surface area contributed by atoms with E-state index in [-0.39, 0.29) is 23.1 Å². The molecule has 0 atom stereocenters. The van der Waals surface area contributed by atoms with Gasteiger partial charge in [-0.3, -0.25) is 4.79 Å². The molecule has 148 valence electrons. The topological polar surface area (TPSA) is 113 Å². The van der Waals surface area contributed by atoms with Crippen LogP contribution in [0.4, 0.5) is 5.69 Å². The minimum absolute atomic E-state index is 0.0343. The van der Waals surface area contributed by atoms with Gasteiger partial charge in [0.05, 0.1) is 5.60 Å². The zero-order valence-electron chi connectivity index (χ0n) is 15.2. The zero-order chi connectivity index (χ0) is 19.8. The van der Waals surface area contributed by atoms with E-state index in [1.165, 1.54) is 13.0 Å². The van der Waals surface area contributed by atoms with E-state index in [0.29, 0.717) is 36.0 Å². The lowest BCUT2D eigenvalue weighted by Gasteiger charge is -2.31. The van der Waals surface area contributed by atoms with Crippen LogP contribution in [-0.2, 0) is 21.2 Å². The molecule has 0 aromatic heterocycles. The number of anilines is 1. The van der Waals surface area contributed by atoms with Gasteiger partial charge in [-0.05, 0) is 52.9 Å². The standard InChI is InChI=1S/C18H24BrN3O4S/c1-12(23)22-8-5-13-9-14(19)16(10-15(13)22)27(25,26)21-17(20)11-18(24)6-3-2-4-7-18/h9-10,24H,2-8,11H2,1H3,(H2,20,21). The van der Waals surface area contributed by atoms with Gasteiger partial charge in [-0.1, -0.05) is 19.3 Å². The fraction of sp³-hybridized carbons (Fsp3) is 0.556. The predicted octanol–water partition coefficient (Wildman–Crippen LogP) is 2.49. The van der Waals surface area contributed by atoms with Crippen LogP contribution in [0.1, 0.15) is 51.0 Å². The summed E-state index contributed by atoms with van der Waals surface area (Å²) >= 11 is 3.30. The molecule has 1 aromatic carbocycles. The van der Waals surface area contributed by atoms with Crippen molar-refractivity contribution in [2.45, 2.75) is 62.4 Å². The molecule has 9 heteroatoms. The molecule has 0 spiro atoms. The predicted molar refractivity (Wildman–Crippen MR) is 107 cm³/mol. The molecule has 1 saturated carbocycles. The lowest BCUT2D eigenvalue weighted by molar-refractivity contribution is -0.116. The van der Waals surface area contributed by atoms with Crippen LogP contribution in [0.15, 0.2) is 25.9 Å². The maximum Gasteiger partial charge on any atom is 0.285 e. The number of carbonyl (C=O) groups excluding carboxylic acids is 1. The smallest absolute Gasteiger partial charge is 0.285 e. The van der Waals surface area contributed by atoms with Crippen LogP contribution in [0, 0.1) is 0 Å². The molecule has 0 unspecified atom stereocenters. The third-order valence-electron chi connectivity index (χ3n) is 5.22. The van der Waals surface area contributed by atoms with Crippen LogP contribution in [-0.4, -0.2) is 37.4 Å². The first-order valence-electron chi connectivity index (χ1n) is 9.03. The van der Waals surface area contributed by atoms with Crippen molar-refractivity contribution in [1.82, 2.24) is 0 Å². The van der Waals surface area contributed by atoms with E-state index >= 15 is 0 Å². The van der Waals surface area contributed by atoms with Crippen molar-refractivity contribution in [3.05, 3.63) is 22.2 Å². The van der Waals surface area contributed by atoms with E-state index in [1.807, 2.05) is 0 Å². The van der Waals surface area contributed by atoms with E-state index in [9.17, 15) is 18.3 Å². The minimum Gasteiger partial charge on any atom is -0.389 e. The number of benzene rings is 1. The van der Waals surface area contributed by atoms with E-state index in [4.69, 9.17) is 5.73 Å². The molecule has 1 fully saturated rings. The second-order valence-electron chi connectivity index (χ2n) is 7.35. The Morgan fingerprint density at radius 1 is 1.33 bits per heavy atom. The molecule has 0 radical (unpaired) electrons. The van der Waals surface area contributed by atoms with Crippen LogP contribution in [0.3, 0.4) is 0 Å². The van der Waals surface area contributed by atoms with Crippen LogP contribution < -0.4 is 10.6 Å². The molecule has 3 N–H and O–H groups in total. The summed E-state index contributed by atoms with van der Waals surface area (Å²) in [6, 6.07) is 3.18. The third kappa shape index (κ3) is 4.35. The van der Waals surface area contributed by atoms with Gasteiger partial charge in [-0.15, -0.1) is 4.40 Å². The van der Waals surface area contributed by atoms with Crippen molar-refractivity contribution in [2.75, 3.05) is 11.4 Å². The molecule has 1 aliphatic heterocycles. The van der Waals surface area contributed by atoms with E-state index in [0.717, 1.165) is 24.8 Å². The minimum atomic E-state index is -4.07. The Bertz CT molecular complexity index is 892. The Labute approximate surface area is 167 Å². The number of nitrogens with zero attached hydrogens (tertiary/aromatic N) is 2. The third-order valence-corrected chi connectivity index (χ3v) is 7.51. The summed E-state index contributed by atoms with van der Waals surface area (Å²) in [5.41, 5.74) is 6.39. The molecule has 7 nitrogen and oxygen atoms in total. The largest absolute Gasteiger partial charge is 0.389 e. The lowest BCUT2D eigenvalue weighted by atomic mass is 9.82. The van der Waals surface area contributed by atoms with Crippen molar-refractivity contribution in [3.63, 3.8) is 0 Å². The SMILES string of the molecule is CC(=O)N1CCc2cc(Br)c(S(=O)(=O)N=C(N)CC3(O)CCCCC3)cc21. The summed E-state index contributed by atoms with van der Waals surface area (Å²) in [7, 11) is -4.07. The van der Waals surface area contributed by atoms with E-state index < -0.39 is 15.6 Å². The van der Waals surface area contributed by atoms with Crippen LogP contribution in [0.25, 0.3) is 0 Å². The van der Waals surface area contributed by atoms with Gasteiger partial charge < -0.3 is 15.7 Å². The van der Waals surface area contributed by atoms with Crippen molar-refractivity contribution in [2.24, 2.45) is 10.1 Å². The second-order valence-corrected chi connectivity index (χ2v) is 9.78. The molecule has 0 bridgehead atoms. The van der Waals surface area contributed by atoms with Crippen molar-refractivity contribution in [1.29, 1.82) is 0 Å². The number of hydrogen-bond acceptors (Lipinski definition) is 4. The molecule has 1 aromatic rings. The highest BCUT2D eigenvalue weighted by Crippen LogP contribution is 2.36. The number of amidine groups is 1. The summed E-state index contributed by atoms with van der Waals surface area (Å²) < 4.78 is 29.7. The van der Waals surface area contributed by atoms with Crippen molar-refractivity contribution >= 4 is 43.4 Å². The monoisotopic (exact) mass is 457 g/mol. The highest BCUT2D eigenvalue weighted by molar-refractivity contribution is 9.10. The highest BCUT2D eigenvalue weighted by Gasteiger charge is 2.32.